The molecule has 0 aliphatic rings. The molecule has 0 spiro atoms. The number of aromatic nitrogens is 2. The van der Waals surface area contributed by atoms with Gasteiger partial charge in [-0.25, -0.2) is 4.52 Å². The van der Waals surface area contributed by atoms with Gasteiger partial charge in [-0.3, -0.25) is 0 Å². The molecule has 0 saturated heterocycles. The van der Waals surface area contributed by atoms with E-state index in [2.05, 4.69) is 38.0 Å². The molecule has 74 valence electrons. The van der Waals surface area contributed by atoms with E-state index in [9.17, 15) is 0 Å². The maximum atomic E-state index is 4.48. The minimum Gasteiger partial charge on any atom is -0.240 e. The van der Waals surface area contributed by atoms with E-state index in [0.717, 1.165) is 12.1 Å². The molecule has 0 atom stereocenters. The first-order chi connectivity index (χ1) is 6.68. The summed E-state index contributed by atoms with van der Waals surface area (Å²) in [6, 6.07) is 6.22. The number of nitrogens with zero attached hydrogens (tertiary/aromatic N) is 2. The first kappa shape index (κ1) is 9.25. The van der Waals surface area contributed by atoms with E-state index < -0.39 is 0 Å². The molecule has 0 fully saturated rings. The normalized spacial score (nSPS) is 11.4. The van der Waals surface area contributed by atoms with Gasteiger partial charge in [0.05, 0.1) is 11.2 Å². The minimum absolute atomic E-state index is 0.682. The molecule has 0 amide bonds. The zero-order valence-electron chi connectivity index (χ0n) is 8.99. The Bertz CT molecular complexity index is 441. The maximum absolute atomic E-state index is 4.48. The smallest absolute Gasteiger partial charge is 0.0696 e. The molecule has 0 aromatic carbocycles. The molecular weight excluding hydrogens is 172 g/mol. The third-order valence-corrected chi connectivity index (χ3v) is 2.46. The number of pyridine rings is 1. The SMILES string of the molecule is Cc1nn2ccccc2c1CC(C)C. The van der Waals surface area contributed by atoms with E-state index in [0.29, 0.717) is 5.92 Å². The van der Waals surface area contributed by atoms with Crippen LogP contribution in [0.2, 0.25) is 0 Å². The first-order valence-electron chi connectivity index (χ1n) is 5.11. The summed E-state index contributed by atoms with van der Waals surface area (Å²) in [4.78, 5) is 0. The van der Waals surface area contributed by atoms with Gasteiger partial charge in [-0.2, -0.15) is 5.10 Å². The lowest BCUT2D eigenvalue weighted by Crippen LogP contribution is -1.95. The summed E-state index contributed by atoms with van der Waals surface area (Å²) >= 11 is 0. The highest BCUT2D eigenvalue weighted by Gasteiger charge is 2.09. The molecule has 0 unspecified atom stereocenters. The van der Waals surface area contributed by atoms with E-state index in [1.807, 2.05) is 16.8 Å². The van der Waals surface area contributed by atoms with E-state index in [4.69, 9.17) is 0 Å². The van der Waals surface area contributed by atoms with Crippen LogP contribution in [-0.2, 0) is 6.42 Å². The molecule has 0 aliphatic carbocycles. The molecule has 0 N–H and O–H groups in total. The van der Waals surface area contributed by atoms with Crippen LogP contribution in [0.15, 0.2) is 24.4 Å². The largest absolute Gasteiger partial charge is 0.240 e. The first-order valence-corrected chi connectivity index (χ1v) is 5.11. The van der Waals surface area contributed by atoms with Gasteiger partial charge in [0.15, 0.2) is 0 Å². The van der Waals surface area contributed by atoms with Crippen molar-refractivity contribution in [2.24, 2.45) is 5.92 Å². The Hall–Kier alpha value is -1.31. The molecule has 2 nitrogen and oxygen atoms in total. The molecule has 2 rings (SSSR count). The Labute approximate surface area is 84.6 Å². The van der Waals surface area contributed by atoms with Crippen molar-refractivity contribution in [3.05, 3.63) is 35.7 Å². The van der Waals surface area contributed by atoms with Crippen LogP contribution in [0.4, 0.5) is 0 Å². The molecule has 2 heteroatoms. The van der Waals surface area contributed by atoms with Gasteiger partial charge in [-0.05, 0) is 31.4 Å². The third-order valence-electron chi connectivity index (χ3n) is 2.46. The summed E-state index contributed by atoms with van der Waals surface area (Å²) in [6.07, 6.45) is 3.12. The van der Waals surface area contributed by atoms with E-state index >= 15 is 0 Å². The molecule has 0 bridgehead atoms. The Morgan fingerprint density at radius 3 is 2.86 bits per heavy atom. The van der Waals surface area contributed by atoms with Gasteiger partial charge in [0, 0.05) is 11.8 Å². The fourth-order valence-electron chi connectivity index (χ4n) is 1.83. The number of aryl methyl sites for hydroxylation is 1. The quantitative estimate of drug-likeness (QED) is 0.708. The predicted octanol–water partition coefficient (Wildman–Crippen LogP) is 2.84. The minimum atomic E-state index is 0.682. The third kappa shape index (κ3) is 1.52. The fourth-order valence-corrected chi connectivity index (χ4v) is 1.83. The highest BCUT2D eigenvalue weighted by molar-refractivity contribution is 5.56. The van der Waals surface area contributed by atoms with Crippen molar-refractivity contribution in [2.45, 2.75) is 27.2 Å². The second-order valence-corrected chi connectivity index (χ2v) is 4.19. The Morgan fingerprint density at radius 1 is 1.36 bits per heavy atom. The van der Waals surface area contributed by atoms with Gasteiger partial charge < -0.3 is 0 Å². The second kappa shape index (κ2) is 3.45. The molecule has 0 saturated carbocycles. The van der Waals surface area contributed by atoms with Crippen molar-refractivity contribution in [3.8, 4) is 0 Å². The number of fused-ring (bicyclic) bond motifs is 1. The van der Waals surface area contributed by atoms with Gasteiger partial charge in [0.2, 0.25) is 0 Å². The predicted molar refractivity (Wildman–Crippen MR) is 58.5 cm³/mol. The Morgan fingerprint density at radius 2 is 2.14 bits per heavy atom. The van der Waals surface area contributed by atoms with Crippen molar-refractivity contribution in [1.29, 1.82) is 0 Å². The average Bonchev–Trinajstić information content (AvgIpc) is 2.43. The Balaban J connectivity index is 2.56. The van der Waals surface area contributed by atoms with Crippen LogP contribution in [-0.4, -0.2) is 9.61 Å². The Kier molecular flexibility index (Phi) is 2.28. The van der Waals surface area contributed by atoms with Crippen molar-refractivity contribution < 1.29 is 0 Å². The highest BCUT2D eigenvalue weighted by atomic mass is 15.2. The summed E-state index contributed by atoms with van der Waals surface area (Å²) < 4.78 is 1.97. The van der Waals surface area contributed by atoms with Crippen LogP contribution < -0.4 is 0 Å². The maximum Gasteiger partial charge on any atom is 0.0696 e. The summed E-state index contributed by atoms with van der Waals surface area (Å²) in [7, 11) is 0. The zero-order valence-corrected chi connectivity index (χ0v) is 8.99. The average molecular weight is 188 g/mol. The lowest BCUT2D eigenvalue weighted by Gasteiger charge is -2.03. The van der Waals surface area contributed by atoms with Crippen LogP contribution in [0, 0.1) is 12.8 Å². The summed E-state index contributed by atoms with van der Waals surface area (Å²) in [6.45, 7) is 6.57. The second-order valence-electron chi connectivity index (χ2n) is 4.19. The van der Waals surface area contributed by atoms with E-state index in [1.54, 1.807) is 0 Å². The summed E-state index contributed by atoms with van der Waals surface area (Å²) in [5, 5.41) is 4.48. The van der Waals surface area contributed by atoms with Crippen molar-refractivity contribution in [1.82, 2.24) is 9.61 Å². The van der Waals surface area contributed by atoms with Gasteiger partial charge >= 0.3 is 0 Å². The van der Waals surface area contributed by atoms with Crippen molar-refractivity contribution >= 4 is 5.52 Å². The lowest BCUT2D eigenvalue weighted by atomic mass is 10.0. The molecule has 2 aromatic rings. The van der Waals surface area contributed by atoms with Gasteiger partial charge in [0.1, 0.15) is 0 Å². The van der Waals surface area contributed by atoms with Crippen LogP contribution >= 0.6 is 0 Å². The van der Waals surface area contributed by atoms with E-state index in [-0.39, 0.29) is 0 Å². The molecule has 2 aromatic heterocycles. The van der Waals surface area contributed by atoms with Crippen LogP contribution in [0.25, 0.3) is 5.52 Å². The van der Waals surface area contributed by atoms with Crippen molar-refractivity contribution in [2.75, 3.05) is 0 Å². The zero-order chi connectivity index (χ0) is 10.1. The number of hydrogen-bond donors (Lipinski definition) is 0. The summed E-state index contributed by atoms with van der Waals surface area (Å²) in [5.74, 6) is 0.682. The molecule has 14 heavy (non-hydrogen) atoms. The van der Waals surface area contributed by atoms with Gasteiger partial charge in [-0.15, -0.1) is 0 Å². The molecule has 0 radical (unpaired) electrons. The van der Waals surface area contributed by atoms with E-state index in [1.165, 1.54) is 11.1 Å². The molecular formula is C12H16N2. The van der Waals surface area contributed by atoms with Crippen molar-refractivity contribution in [3.63, 3.8) is 0 Å². The highest BCUT2D eigenvalue weighted by Crippen LogP contribution is 2.18. The van der Waals surface area contributed by atoms with Crippen LogP contribution in [0.1, 0.15) is 25.1 Å². The lowest BCUT2D eigenvalue weighted by molar-refractivity contribution is 0.647. The molecule has 0 aliphatic heterocycles. The standard InChI is InChI=1S/C12H16N2/c1-9(2)8-11-10(3)13-14-7-5-4-6-12(11)14/h4-7,9H,8H2,1-3H3. The van der Waals surface area contributed by atoms with Gasteiger partial charge in [-0.1, -0.05) is 19.9 Å². The van der Waals surface area contributed by atoms with Crippen LogP contribution in [0.5, 0.6) is 0 Å². The van der Waals surface area contributed by atoms with Gasteiger partial charge in [0.25, 0.3) is 0 Å². The topological polar surface area (TPSA) is 17.3 Å². The number of rotatable bonds is 2. The van der Waals surface area contributed by atoms with Crippen LogP contribution in [0.3, 0.4) is 0 Å². The summed E-state index contributed by atoms with van der Waals surface area (Å²) in [5.41, 5.74) is 3.80. The monoisotopic (exact) mass is 188 g/mol. The number of hydrogen-bond acceptors (Lipinski definition) is 1. The molecule has 2 heterocycles. The fraction of sp³-hybridized carbons (Fsp3) is 0.417.